The Morgan fingerprint density at radius 3 is 2.50 bits per heavy atom. The van der Waals surface area contributed by atoms with Gasteiger partial charge in [0.1, 0.15) is 0 Å². The molecule has 5 N–H and O–H groups in total. The van der Waals surface area contributed by atoms with Crippen LogP contribution in [0.2, 0.25) is 0 Å². The van der Waals surface area contributed by atoms with Gasteiger partial charge in [-0.15, -0.1) is 0 Å². The molecule has 1 aromatic rings. The minimum atomic E-state index is -3.80. The summed E-state index contributed by atoms with van der Waals surface area (Å²) in [5, 5.41) is 8.35. The zero-order valence-electron chi connectivity index (χ0n) is 11.8. The molecule has 0 aliphatic rings. The van der Waals surface area contributed by atoms with Crippen LogP contribution in [0.3, 0.4) is 0 Å². The molecule has 0 heterocycles. The van der Waals surface area contributed by atoms with Gasteiger partial charge in [0.05, 0.1) is 4.90 Å². The standard InChI is InChI=1S/C12H21N3O3S2/c1-8(19(3)16)4-5-15-11-6-10(13)7-12(9(11)2)20(14,17)18/h6-8,15H,4-5,13H2,1-3H3,(H2,14,17,18). The summed E-state index contributed by atoms with van der Waals surface area (Å²) in [5.41, 5.74) is 7.19. The summed E-state index contributed by atoms with van der Waals surface area (Å²) in [6.07, 6.45) is 2.37. The molecule has 0 fully saturated rings. The third-order valence-corrected chi connectivity index (χ3v) is 5.53. The molecular formula is C12H21N3O3S2. The number of nitrogen functional groups attached to an aromatic ring is 1. The van der Waals surface area contributed by atoms with Gasteiger partial charge < -0.3 is 11.1 Å². The van der Waals surface area contributed by atoms with Crippen molar-refractivity contribution in [3.8, 4) is 0 Å². The molecule has 2 unspecified atom stereocenters. The number of anilines is 2. The van der Waals surface area contributed by atoms with Crippen LogP contribution in [0.25, 0.3) is 0 Å². The lowest BCUT2D eigenvalue weighted by molar-refractivity contribution is 0.597. The van der Waals surface area contributed by atoms with Gasteiger partial charge in [-0.1, -0.05) is 6.92 Å². The molecule has 8 heteroatoms. The zero-order valence-corrected chi connectivity index (χ0v) is 13.5. The average molecular weight is 319 g/mol. The molecule has 0 spiro atoms. The number of primary sulfonamides is 1. The van der Waals surface area contributed by atoms with E-state index in [9.17, 15) is 12.6 Å². The van der Waals surface area contributed by atoms with E-state index >= 15 is 0 Å². The molecule has 114 valence electrons. The van der Waals surface area contributed by atoms with E-state index in [-0.39, 0.29) is 10.1 Å². The van der Waals surface area contributed by atoms with Gasteiger partial charge in [0.15, 0.2) is 0 Å². The van der Waals surface area contributed by atoms with Crippen LogP contribution in [0.15, 0.2) is 17.0 Å². The van der Waals surface area contributed by atoms with E-state index in [1.165, 1.54) is 6.07 Å². The second-order valence-electron chi connectivity index (χ2n) is 4.76. The molecular weight excluding hydrogens is 298 g/mol. The first-order valence-corrected chi connectivity index (χ1v) is 9.28. The van der Waals surface area contributed by atoms with Crippen molar-refractivity contribution in [3.05, 3.63) is 17.7 Å². The fraction of sp³-hybridized carbons (Fsp3) is 0.500. The monoisotopic (exact) mass is 319 g/mol. The van der Waals surface area contributed by atoms with Crippen LogP contribution in [-0.4, -0.2) is 30.7 Å². The lowest BCUT2D eigenvalue weighted by Crippen LogP contribution is -2.17. The van der Waals surface area contributed by atoms with Gasteiger partial charge in [-0.2, -0.15) is 0 Å². The van der Waals surface area contributed by atoms with Gasteiger partial charge in [-0.05, 0) is 31.0 Å². The number of hydrogen-bond acceptors (Lipinski definition) is 5. The first kappa shape index (κ1) is 16.9. The lowest BCUT2D eigenvalue weighted by atomic mass is 10.1. The first-order chi connectivity index (χ1) is 9.12. The Kier molecular flexibility index (Phi) is 5.55. The van der Waals surface area contributed by atoms with Crippen molar-refractivity contribution in [3.63, 3.8) is 0 Å². The number of nitrogens with one attached hydrogen (secondary N) is 1. The number of rotatable bonds is 6. The molecule has 2 atom stereocenters. The fourth-order valence-electron chi connectivity index (χ4n) is 1.76. The molecule has 1 rings (SSSR count). The van der Waals surface area contributed by atoms with E-state index in [0.717, 1.165) is 0 Å². The van der Waals surface area contributed by atoms with Crippen molar-refractivity contribution in [1.29, 1.82) is 0 Å². The van der Waals surface area contributed by atoms with Crippen molar-refractivity contribution in [2.24, 2.45) is 5.14 Å². The van der Waals surface area contributed by atoms with Crippen molar-refractivity contribution < 1.29 is 12.6 Å². The van der Waals surface area contributed by atoms with E-state index in [2.05, 4.69) is 5.32 Å². The largest absolute Gasteiger partial charge is 0.399 e. The summed E-state index contributed by atoms with van der Waals surface area (Å²) >= 11 is 0. The number of sulfonamides is 1. The third kappa shape index (κ3) is 4.46. The summed E-state index contributed by atoms with van der Waals surface area (Å²) in [6, 6.07) is 3.01. The molecule has 1 aromatic carbocycles. The number of hydrogen-bond donors (Lipinski definition) is 3. The Bertz CT molecular complexity index is 615. The van der Waals surface area contributed by atoms with Gasteiger partial charge >= 0.3 is 0 Å². The SMILES string of the molecule is Cc1c(NCCC(C)S(C)=O)cc(N)cc1S(N)(=O)=O. The molecule has 20 heavy (non-hydrogen) atoms. The number of benzene rings is 1. The van der Waals surface area contributed by atoms with Crippen LogP contribution < -0.4 is 16.2 Å². The molecule has 0 aromatic heterocycles. The number of nitrogens with two attached hydrogens (primary N) is 2. The van der Waals surface area contributed by atoms with Crippen molar-refractivity contribution in [2.75, 3.05) is 23.9 Å². The normalized spacial score (nSPS) is 14.8. The van der Waals surface area contributed by atoms with Gasteiger partial charge in [0.25, 0.3) is 0 Å². The first-order valence-electron chi connectivity index (χ1n) is 6.12. The Morgan fingerprint density at radius 1 is 1.40 bits per heavy atom. The topological polar surface area (TPSA) is 115 Å². The maximum absolute atomic E-state index is 11.5. The second kappa shape index (κ2) is 6.55. The Labute approximate surface area is 122 Å². The molecule has 0 amide bonds. The molecule has 0 saturated heterocycles. The van der Waals surface area contributed by atoms with Crippen molar-refractivity contribution in [2.45, 2.75) is 30.4 Å². The van der Waals surface area contributed by atoms with Crippen LogP contribution in [0.1, 0.15) is 18.9 Å². The molecule has 0 aliphatic carbocycles. The van der Waals surface area contributed by atoms with Gasteiger partial charge in [-0.3, -0.25) is 4.21 Å². The minimum absolute atomic E-state index is 0.0205. The highest BCUT2D eigenvalue weighted by atomic mass is 32.2. The van der Waals surface area contributed by atoms with E-state index < -0.39 is 20.8 Å². The maximum atomic E-state index is 11.5. The fourth-order valence-corrected chi connectivity index (χ4v) is 3.05. The van der Waals surface area contributed by atoms with E-state index in [0.29, 0.717) is 29.9 Å². The third-order valence-electron chi connectivity index (χ3n) is 3.12. The molecule has 6 nitrogen and oxygen atoms in total. The predicted molar refractivity (Wildman–Crippen MR) is 83.6 cm³/mol. The van der Waals surface area contributed by atoms with E-state index in [1.807, 2.05) is 6.92 Å². The van der Waals surface area contributed by atoms with Crippen molar-refractivity contribution in [1.82, 2.24) is 0 Å². The summed E-state index contributed by atoms with van der Waals surface area (Å²) in [7, 11) is -4.68. The van der Waals surface area contributed by atoms with Crippen LogP contribution in [-0.2, 0) is 20.8 Å². The predicted octanol–water partition coefficient (Wildman–Crippen LogP) is 0.794. The lowest BCUT2D eigenvalue weighted by Gasteiger charge is -2.15. The highest BCUT2D eigenvalue weighted by molar-refractivity contribution is 7.89. The van der Waals surface area contributed by atoms with Gasteiger partial charge in [0.2, 0.25) is 10.0 Å². The highest BCUT2D eigenvalue weighted by Gasteiger charge is 2.15. The van der Waals surface area contributed by atoms with Crippen LogP contribution in [0.5, 0.6) is 0 Å². The minimum Gasteiger partial charge on any atom is -0.399 e. The second-order valence-corrected chi connectivity index (χ2v) is 8.09. The Hall–Kier alpha value is -1.12. The summed E-state index contributed by atoms with van der Waals surface area (Å²) in [6.45, 7) is 4.15. The maximum Gasteiger partial charge on any atom is 0.238 e. The average Bonchev–Trinajstić information content (AvgIpc) is 2.31. The van der Waals surface area contributed by atoms with E-state index in [4.69, 9.17) is 10.9 Å². The van der Waals surface area contributed by atoms with Gasteiger partial charge in [-0.25, -0.2) is 13.6 Å². The van der Waals surface area contributed by atoms with E-state index in [1.54, 1.807) is 19.2 Å². The quantitative estimate of drug-likeness (QED) is 0.671. The van der Waals surface area contributed by atoms with Crippen LogP contribution in [0, 0.1) is 6.92 Å². The Balaban J connectivity index is 2.92. The summed E-state index contributed by atoms with van der Waals surface area (Å²) in [4.78, 5) is 0.0205. The smallest absolute Gasteiger partial charge is 0.238 e. The Morgan fingerprint density at radius 2 is 2.00 bits per heavy atom. The molecule has 0 saturated carbocycles. The molecule has 0 radical (unpaired) electrons. The summed E-state index contributed by atoms with van der Waals surface area (Å²) < 4.78 is 34.2. The zero-order chi connectivity index (χ0) is 15.5. The van der Waals surface area contributed by atoms with Crippen LogP contribution in [0.4, 0.5) is 11.4 Å². The van der Waals surface area contributed by atoms with Crippen LogP contribution >= 0.6 is 0 Å². The summed E-state index contributed by atoms with van der Waals surface area (Å²) in [5.74, 6) is 0. The van der Waals surface area contributed by atoms with Gasteiger partial charge in [0, 0.05) is 40.2 Å². The highest BCUT2D eigenvalue weighted by Crippen LogP contribution is 2.26. The molecule has 0 aliphatic heterocycles. The molecule has 0 bridgehead atoms. The van der Waals surface area contributed by atoms with Crippen molar-refractivity contribution >= 4 is 32.2 Å².